The number of methoxy groups -OCH3 is 1. The summed E-state index contributed by atoms with van der Waals surface area (Å²) < 4.78 is 49.2. The lowest BCUT2D eigenvalue weighted by Gasteiger charge is -2.24. The number of fused-ring (bicyclic) bond motifs is 1. The molecule has 170 valence electrons. The van der Waals surface area contributed by atoms with Crippen LogP contribution in [0.4, 0.5) is 19.0 Å². The molecule has 0 spiro atoms. The fourth-order valence-corrected chi connectivity index (χ4v) is 4.15. The van der Waals surface area contributed by atoms with Crippen LogP contribution < -0.4 is 15.3 Å². The third-order valence-corrected chi connectivity index (χ3v) is 5.75. The minimum Gasteiger partial charge on any atom is -0.497 e. The maximum Gasteiger partial charge on any atom is 0.417 e. The summed E-state index contributed by atoms with van der Waals surface area (Å²) in [6, 6.07) is 7.77. The van der Waals surface area contributed by atoms with E-state index < -0.39 is 17.4 Å². The largest absolute Gasteiger partial charge is 0.497 e. The van der Waals surface area contributed by atoms with Crippen LogP contribution in [0.25, 0.3) is 11.0 Å². The van der Waals surface area contributed by atoms with Crippen molar-refractivity contribution in [2.75, 3.05) is 38.2 Å². The van der Waals surface area contributed by atoms with Crippen LogP contribution in [0.2, 0.25) is 5.02 Å². The van der Waals surface area contributed by atoms with E-state index in [0.29, 0.717) is 43.3 Å². The molecule has 3 aromatic rings. The Morgan fingerprint density at radius 3 is 2.69 bits per heavy atom. The number of benzene rings is 1. The normalized spacial score (nSPS) is 15.7. The number of anilines is 1. The Balaban J connectivity index is 1.51. The molecule has 0 unspecified atom stereocenters. The van der Waals surface area contributed by atoms with Crippen LogP contribution in [0.15, 0.2) is 45.7 Å². The van der Waals surface area contributed by atoms with Crippen LogP contribution in [0.5, 0.6) is 5.75 Å². The van der Waals surface area contributed by atoms with Gasteiger partial charge >= 0.3 is 11.8 Å². The quantitative estimate of drug-likeness (QED) is 0.523. The summed E-state index contributed by atoms with van der Waals surface area (Å²) in [7, 11) is 1.55. The molecule has 0 amide bonds. The summed E-state index contributed by atoms with van der Waals surface area (Å²) in [6.07, 6.45) is -2.90. The molecule has 0 aliphatic carbocycles. The van der Waals surface area contributed by atoms with Gasteiger partial charge in [-0.3, -0.25) is 4.90 Å². The number of rotatable bonds is 4. The van der Waals surface area contributed by atoms with E-state index in [1.54, 1.807) is 13.2 Å². The molecule has 1 aliphatic heterocycles. The van der Waals surface area contributed by atoms with Crippen molar-refractivity contribution in [3.63, 3.8) is 0 Å². The Bertz CT molecular complexity index is 1180. The first kappa shape index (κ1) is 22.4. The predicted molar refractivity (Wildman–Crippen MR) is 115 cm³/mol. The van der Waals surface area contributed by atoms with Crippen LogP contribution in [-0.4, -0.2) is 43.2 Å². The molecule has 0 atom stereocenters. The van der Waals surface area contributed by atoms with E-state index >= 15 is 0 Å². The second-order valence-electron chi connectivity index (χ2n) is 7.60. The van der Waals surface area contributed by atoms with Gasteiger partial charge in [0.25, 0.3) is 0 Å². The first-order valence-electron chi connectivity index (χ1n) is 10.1. The molecule has 0 bridgehead atoms. The second-order valence-corrected chi connectivity index (χ2v) is 8.00. The summed E-state index contributed by atoms with van der Waals surface area (Å²) in [4.78, 5) is 20.1. The first-order valence-corrected chi connectivity index (χ1v) is 10.4. The van der Waals surface area contributed by atoms with Gasteiger partial charge in [0.1, 0.15) is 17.2 Å². The molecule has 0 saturated carbocycles. The van der Waals surface area contributed by atoms with Gasteiger partial charge in [0.15, 0.2) is 0 Å². The molecule has 1 fully saturated rings. The van der Waals surface area contributed by atoms with E-state index in [4.69, 9.17) is 20.8 Å². The Morgan fingerprint density at radius 2 is 1.97 bits per heavy atom. The van der Waals surface area contributed by atoms with Crippen molar-refractivity contribution in [1.29, 1.82) is 0 Å². The fourth-order valence-electron chi connectivity index (χ4n) is 3.87. The highest BCUT2D eigenvalue weighted by Crippen LogP contribution is 2.34. The van der Waals surface area contributed by atoms with Gasteiger partial charge in [-0.05, 0) is 30.2 Å². The monoisotopic (exact) mass is 467 g/mol. The molecule has 1 aliphatic rings. The Kier molecular flexibility index (Phi) is 6.30. The molecule has 3 heterocycles. The van der Waals surface area contributed by atoms with Crippen molar-refractivity contribution in [1.82, 2.24) is 9.88 Å². The highest BCUT2D eigenvalue weighted by atomic mass is 35.5. The highest BCUT2D eigenvalue weighted by Gasteiger charge is 2.32. The van der Waals surface area contributed by atoms with Gasteiger partial charge in [-0.2, -0.15) is 13.2 Å². The van der Waals surface area contributed by atoms with E-state index in [2.05, 4.69) is 9.88 Å². The van der Waals surface area contributed by atoms with E-state index in [1.807, 2.05) is 17.0 Å². The molecule has 4 rings (SSSR count). The maximum atomic E-state index is 12.9. The zero-order chi connectivity index (χ0) is 22.9. The number of halogens is 4. The van der Waals surface area contributed by atoms with Crippen molar-refractivity contribution < 1.29 is 22.3 Å². The van der Waals surface area contributed by atoms with E-state index in [9.17, 15) is 18.0 Å². The van der Waals surface area contributed by atoms with Crippen molar-refractivity contribution in [2.24, 2.45) is 0 Å². The molecule has 0 N–H and O–H groups in total. The standard InChI is InChI=1S/C22H21ClF3N3O3/c1-31-16-3-4-17-14(9-20(30)32-19(17)11-16)13-28-5-2-6-29(8-7-28)21-18(23)10-15(12-27-21)22(24,25)26/h3-4,9-12H,2,5-8,13H2,1H3. The molecule has 0 radical (unpaired) electrons. The fraction of sp³-hybridized carbons (Fsp3) is 0.364. The van der Waals surface area contributed by atoms with Crippen molar-refractivity contribution in [2.45, 2.75) is 19.1 Å². The molecule has 10 heteroatoms. The van der Waals surface area contributed by atoms with Gasteiger partial charge in [-0.25, -0.2) is 9.78 Å². The van der Waals surface area contributed by atoms with E-state index in [0.717, 1.165) is 36.2 Å². The van der Waals surface area contributed by atoms with Crippen molar-refractivity contribution in [3.05, 3.63) is 63.1 Å². The van der Waals surface area contributed by atoms with Crippen LogP contribution in [-0.2, 0) is 12.7 Å². The smallest absolute Gasteiger partial charge is 0.417 e. The van der Waals surface area contributed by atoms with Crippen molar-refractivity contribution >= 4 is 28.4 Å². The number of alkyl halides is 3. The molecular formula is C22H21ClF3N3O3. The summed E-state index contributed by atoms with van der Waals surface area (Å²) >= 11 is 6.12. The zero-order valence-corrected chi connectivity index (χ0v) is 18.0. The predicted octanol–water partition coefficient (Wildman–Crippen LogP) is 4.58. The Labute approximate surface area is 187 Å². The number of ether oxygens (including phenoxy) is 1. The minimum absolute atomic E-state index is 0.0196. The summed E-state index contributed by atoms with van der Waals surface area (Å²) in [5.74, 6) is 0.948. The lowest BCUT2D eigenvalue weighted by atomic mass is 10.1. The average molecular weight is 468 g/mol. The van der Waals surface area contributed by atoms with Crippen LogP contribution in [0.1, 0.15) is 17.5 Å². The van der Waals surface area contributed by atoms with E-state index in [1.165, 1.54) is 6.07 Å². The minimum atomic E-state index is -4.49. The second kappa shape index (κ2) is 8.99. The molecule has 1 aromatic carbocycles. The topological polar surface area (TPSA) is 58.8 Å². The first-order chi connectivity index (χ1) is 15.2. The van der Waals surface area contributed by atoms with Gasteiger partial charge in [-0.1, -0.05) is 11.6 Å². The molecular weight excluding hydrogens is 447 g/mol. The molecule has 6 nitrogen and oxygen atoms in total. The van der Waals surface area contributed by atoms with Crippen LogP contribution in [0.3, 0.4) is 0 Å². The zero-order valence-electron chi connectivity index (χ0n) is 17.3. The Morgan fingerprint density at radius 1 is 1.16 bits per heavy atom. The third kappa shape index (κ3) is 4.83. The van der Waals surface area contributed by atoms with Gasteiger partial charge in [0.05, 0.1) is 17.7 Å². The number of nitrogens with zero attached hydrogens (tertiary/aromatic N) is 3. The van der Waals surface area contributed by atoms with Gasteiger partial charge in [0, 0.05) is 56.4 Å². The lowest BCUT2D eigenvalue weighted by Crippen LogP contribution is -2.31. The molecule has 32 heavy (non-hydrogen) atoms. The molecule has 1 saturated heterocycles. The number of aromatic nitrogens is 1. The third-order valence-electron chi connectivity index (χ3n) is 5.47. The van der Waals surface area contributed by atoms with Crippen molar-refractivity contribution in [3.8, 4) is 5.75 Å². The van der Waals surface area contributed by atoms with Gasteiger partial charge < -0.3 is 14.1 Å². The van der Waals surface area contributed by atoms with E-state index in [-0.39, 0.29) is 5.02 Å². The van der Waals surface area contributed by atoms with Gasteiger partial charge in [0.2, 0.25) is 0 Å². The summed E-state index contributed by atoms with van der Waals surface area (Å²) in [5, 5.41) is 0.813. The summed E-state index contributed by atoms with van der Waals surface area (Å²) in [6.45, 7) is 3.09. The van der Waals surface area contributed by atoms with Crippen LogP contribution >= 0.6 is 11.6 Å². The van der Waals surface area contributed by atoms with Gasteiger partial charge in [-0.15, -0.1) is 0 Å². The SMILES string of the molecule is COc1ccc2c(CN3CCCN(c4ncc(C(F)(F)F)cc4Cl)CC3)cc(=O)oc2c1. The molecule has 2 aromatic heterocycles. The number of hydrogen-bond donors (Lipinski definition) is 0. The number of hydrogen-bond acceptors (Lipinski definition) is 6. The lowest BCUT2D eigenvalue weighted by molar-refractivity contribution is -0.137. The number of pyridine rings is 1. The average Bonchev–Trinajstić information content (AvgIpc) is 2.98. The summed E-state index contributed by atoms with van der Waals surface area (Å²) in [5.41, 5.74) is 0.00845. The Hall–Kier alpha value is -2.78. The van der Waals surface area contributed by atoms with Crippen LogP contribution in [0, 0.1) is 0 Å². The highest BCUT2D eigenvalue weighted by molar-refractivity contribution is 6.33. The maximum absolute atomic E-state index is 12.9.